The van der Waals surface area contributed by atoms with Crippen LogP contribution in [0.2, 0.25) is 0 Å². The van der Waals surface area contributed by atoms with Crippen molar-refractivity contribution in [3.8, 4) is 0 Å². The Morgan fingerprint density at radius 3 is 2.79 bits per heavy atom. The van der Waals surface area contributed by atoms with Gasteiger partial charge in [-0.25, -0.2) is 4.39 Å². The normalized spacial score (nSPS) is 10.1. The lowest BCUT2D eigenvalue weighted by Crippen LogP contribution is -2.25. The maximum Gasteiger partial charge on any atom is 0.305 e. The molecule has 0 unspecified atom stereocenters. The van der Waals surface area contributed by atoms with Crippen LogP contribution < -0.4 is 5.32 Å². The van der Waals surface area contributed by atoms with Crippen LogP contribution in [0.3, 0.4) is 0 Å². The molecule has 0 fully saturated rings. The van der Waals surface area contributed by atoms with E-state index in [0.29, 0.717) is 34.9 Å². The zero-order valence-electron chi connectivity index (χ0n) is 10.5. The fourth-order valence-electron chi connectivity index (χ4n) is 1.47. The molecule has 0 spiro atoms. The first-order valence-electron chi connectivity index (χ1n) is 5.84. The number of carbonyl (C=O) groups excluding carboxylic acids is 2. The Hall–Kier alpha value is -1.18. The molecule has 4 nitrogen and oxygen atoms in total. The molecule has 104 valence electrons. The molecule has 0 aliphatic carbocycles. The van der Waals surface area contributed by atoms with Crippen molar-refractivity contribution < 1.29 is 18.7 Å². The highest BCUT2D eigenvalue weighted by molar-refractivity contribution is 14.1. The molecular formula is C13H15FINO3. The summed E-state index contributed by atoms with van der Waals surface area (Å²) in [6.07, 6.45) is 1.66. The van der Waals surface area contributed by atoms with E-state index in [4.69, 9.17) is 0 Å². The lowest BCUT2D eigenvalue weighted by atomic mass is 10.2. The average Bonchev–Trinajstić information content (AvgIpc) is 2.40. The smallest absolute Gasteiger partial charge is 0.305 e. The van der Waals surface area contributed by atoms with E-state index in [-0.39, 0.29) is 11.9 Å². The van der Waals surface area contributed by atoms with E-state index >= 15 is 0 Å². The molecule has 0 radical (unpaired) electrons. The molecule has 0 aromatic heterocycles. The summed E-state index contributed by atoms with van der Waals surface area (Å²) >= 11 is 1.99. The van der Waals surface area contributed by atoms with Gasteiger partial charge >= 0.3 is 5.97 Å². The SMILES string of the molecule is COC(=O)CCCCNC(=O)c1cc(F)ccc1I. The van der Waals surface area contributed by atoms with E-state index in [2.05, 4.69) is 10.1 Å². The summed E-state index contributed by atoms with van der Waals surface area (Å²) in [5, 5.41) is 2.70. The van der Waals surface area contributed by atoms with Crippen LogP contribution >= 0.6 is 22.6 Å². The van der Waals surface area contributed by atoms with Gasteiger partial charge in [0.05, 0.1) is 12.7 Å². The second-order valence-electron chi connectivity index (χ2n) is 3.91. The van der Waals surface area contributed by atoms with Crippen LogP contribution in [-0.4, -0.2) is 25.5 Å². The summed E-state index contributed by atoms with van der Waals surface area (Å²) in [4.78, 5) is 22.7. The quantitative estimate of drug-likeness (QED) is 0.470. The van der Waals surface area contributed by atoms with Crippen LogP contribution in [0, 0.1) is 9.39 Å². The summed E-state index contributed by atoms with van der Waals surface area (Å²) in [5.74, 6) is -0.996. The van der Waals surface area contributed by atoms with Gasteiger partial charge < -0.3 is 10.1 Å². The van der Waals surface area contributed by atoms with Gasteiger partial charge in [-0.2, -0.15) is 0 Å². The largest absolute Gasteiger partial charge is 0.469 e. The van der Waals surface area contributed by atoms with Gasteiger partial charge in [0.2, 0.25) is 0 Å². The van der Waals surface area contributed by atoms with Gasteiger partial charge in [-0.15, -0.1) is 0 Å². The number of benzene rings is 1. The Morgan fingerprint density at radius 1 is 1.37 bits per heavy atom. The number of esters is 1. The number of methoxy groups -OCH3 is 1. The van der Waals surface area contributed by atoms with Gasteiger partial charge in [0.1, 0.15) is 5.82 Å². The number of halogens is 2. The zero-order chi connectivity index (χ0) is 14.3. The lowest BCUT2D eigenvalue weighted by molar-refractivity contribution is -0.140. The van der Waals surface area contributed by atoms with E-state index in [1.54, 1.807) is 6.07 Å². The molecule has 1 rings (SSSR count). The molecular weight excluding hydrogens is 364 g/mol. The molecule has 0 heterocycles. The topological polar surface area (TPSA) is 55.4 Å². The number of unbranched alkanes of at least 4 members (excludes halogenated alkanes) is 1. The third-order valence-corrected chi connectivity index (χ3v) is 3.43. The molecule has 0 saturated carbocycles. The van der Waals surface area contributed by atoms with Crippen LogP contribution in [0.15, 0.2) is 18.2 Å². The van der Waals surface area contributed by atoms with Gasteiger partial charge in [-0.1, -0.05) is 0 Å². The Balaban J connectivity index is 2.35. The number of ether oxygens (including phenoxy) is 1. The van der Waals surface area contributed by atoms with Crippen LogP contribution in [0.4, 0.5) is 4.39 Å². The predicted octanol–water partition coefficient (Wildman–Crippen LogP) is 2.50. The van der Waals surface area contributed by atoms with Crippen molar-refractivity contribution in [2.45, 2.75) is 19.3 Å². The van der Waals surface area contributed by atoms with E-state index in [0.717, 1.165) is 0 Å². The highest BCUT2D eigenvalue weighted by atomic mass is 127. The lowest BCUT2D eigenvalue weighted by Gasteiger charge is -2.06. The summed E-state index contributed by atoms with van der Waals surface area (Å²) in [7, 11) is 1.34. The van der Waals surface area contributed by atoms with Gasteiger partial charge in [-0.3, -0.25) is 9.59 Å². The molecule has 0 bridgehead atoms. The first-order chi connectivity index (χ1) is 9.04. The fraction of sp³-hybridized carbons (Fsp3) is 0.385. The number of rotatable bonds is 6. The third-order valence-electron chi connectivity index (χ3n) is 2.49. The van der Waals surface area contributed by atoms with E-state index < -0.39 is 5.82 Å². The van der Waals surface area contributed by atoms with Gasteiger partial charge in [0, 0.05) is 16.5 Å². The number of hydrogen-bond acceptors (Lipinski definition) is 3. The third kappa shape index (κ3) is 5.54. The highest BCUT2D eigenvalue weighted by Gasteiger charge is 2.10. The molecule has 1 aromatic rings. The van der Waals surface area contributed by atoms with Gasteiger partial charge in [-0.05, 0) is 53.6 Å². The Bertz CT molecular complexity index is 465. The van der Waals surface area contributed by atoms with E-state index in [1.165, 1.54) is 19.2 Å². The molecule has 0 aliphatic heterocycles. The van der Waals surface area contributed by atoms with Gasteiger partial charge in [0.25, 0.3) is 5.91 Å². The fourth-order valence-corrected chi connectivity index (χ4v) is 2.05. The van der Waals surface area contributed by atoms with Crippen molar-refractivity contribution in [3.05, 3.63) is 33.1 Å². The summed E-state index contributed by atoms with van der Waals surface area (Å²) in [6.45, 7) is 0.447. The number of carbonyl (C=O) groups is 2. The molecule has 19 heavy (non-hydrogen) atoms. The summed E-state index contributed by atoms with van der Waals surface area (Å²) in [6, 6.07) is 4.09. The molecule has 0 saturated heterocycles. The van der Waals surface area contributed by atoms with Crippen LogP contribution in [0.25, 0.3) is 0 Å². The number of amides is 1. The van der Waals surface area contributed by atoms with Gasteiger partial charge in [0.15, 0.2) is 0 Å². The van der Waals surface area contributed by atoms with Crippen molar-refractivity contribution in [2.24, 2.45) is 0 Å². The summed E-state index contributed by atoms with van der Waals surface area (Å²) < 4.78 is 18.3. The first-order valence-corrected chi connectivity index (χ1v) is 6.92. The average molecular weight is 379 g/mol. The zero-order valence-corrected chi connectivity index (χ0v) is 12.7. The molecule has 6 heteroatoms. The van der Waals surface area contributed by atoms with Crippen molar-refractivity contribution in [2.75, 3.05) is 13.7 Å². The molecule has 0 aliphatic rings. The van der Waals surface area contributed by atoms with Crippen LogP contribution in [0.5, 0.6) is 0 Å². The maximum atomic E-state index is 13.0. The summed E-state index contributed by atoms with van der Waals surface area (Å²) in [5.41, 5.74) is 0.327. The number of nitrogens with one attached hydrogen (secondary N) is 1. The first kappa shape index (κ1) is 15.9. The van der Waals surface area contributed by atoms with Crippen LogP contribution in [-0.2, 0) is 9.53 Å². The minimum Gasteiger partial charge on any atom is -0.469 e. The molecule has 0 atom stereocenters. The van der Waals surface area contributed by atoms with Crippen molar-refractivity contribution in [3.63, 3.8) is 0 Å². The van der Waals surface area contributed by atoms with Crippen molar-refractivity contribution in [1.82, 2.24) is 5.32 Å². The van der Waals surface area contributed by atoms with Crippen molar-refractivity contribution >= 4 is 34.5 Å². The second-order valence-corrected chi connectivity index (χ2v) is 5.08. The maximum absolute atomic E-state index is 13.0. The Kier molecular flexibility index (Phi) is 6.75. The van der Waals surface area contributed by atoms with E-state index in [9.17, 15) is 14.0 Å². The highest BCUT2D eigenvalue weighted by Crippen LogP contribution is 2.13. The molecule has 1 amide bonds. The standard InChI is InChI=1S/C13H15FINO3/c1-19-12(17)4-2-3-7-16-13(18)10-8-9(14)5-6-11(10)15/h5-6,8H,2-4,7H2,1H3,(H,16,18). The minimum absolute atomic E-state index is 0.258. The molecule has 1 N–H and O–H groups in total. The minimum atomic E-state index is -0.434. The number of hydrogen-bond donors (Lipinski definition) is 1. The van der Waals surface area contributed by atoms with E-state index in [1.807, 2.05) is 22.6 Å². The predicted molar refractivity (Wildman–Crippen MR) is 77.3 cm³/mol. The Labute approximate surface area is 124 Å². The monoisotopic (exact) mass is 379 g/mol. The Morgan fingerprint density at radius 2 is 2.11 bits per heavy atom. The molecule has 1 aromatic carbocycles. The second kappa shape index (κ2) is 8.08. The van der Waals surface area contributed by atoms with Crippen molar-refractivity contribution in [1.29, 1.82) is 0 Å². The van der Waals surface area contributed by atoms with Crippen LogP contribution in [0.1, 0.15) is 29.6 Å².